The maximum absolute atomic E-state index is 12.2. The molecule has 126 valence electrons. The molecule has 1 heterocycles. The van der Waals surface area contributed by atoms with Crippen molar-refractivity contribution in [2.75, 3.05) is 37.6 Å². The number of benzene rings is 1. The molecule has 23 heavy (non-hydrogen) atoms. The lowest BCUT2D eigenvalue weighted by atomic mass is 10.1. The molecular formula is C19H30N3O+. The van der Waals surface area contributed by atoms with Crippen LogP contribution in [0.4, 0.5) is 5.69 Å². The van der Waals surface area contributed by atoms with Crippen molar-refractivity contribution in [3.63, 3.8) is 0 Å². The van der Waals surface area contributed by atoms with Crippen molar-refractivity contribution < 1.29 is 9.69 Å². The molecule has 3 rings (SSSR count). The zero-order valence-electron chi connectivity index (χ0n) is 14.7. The Bertz CT molecular complexity index is 560. The molecule has 1 aliphatic carbocycles. The van der Waals surface area contributed by atoms with Crippen LogP contribution in [0, 0.1) is 19.8 Å². The number of anilines is 1. The minimum absolute atomic E-state index is 0.222. The smallest absolute Gasteiger partial charge is 0.275 e. The average molecular weight is 316 g/mol. The van der Waals surface area contributed by atoms with Crippen molar-refractivity contribution in [3.05, 3.63) is 29.3 Å². The zero-order valence-corrected chi connectivity index (χ0v) is 14.7. The van der Waals surface area contributed by atoms with Crippen LogP contribution in [-0.4, -0.2) is 44.7 Å². The van der Waals surface area contributed by atoms with Gasteiger partial charge in [0.2, 0.25) is 0 Å². The van der Waals surface area contributed by atoms with Gasteiger partial charge in [-0.05, 0) is 56.7 Å². The van der Waals surface area contributed by atoms with Gasteiger partial charge in [0.15, 0.2) is 6.54 Å². The number of hydrogen-bond donors (Lipinski definition) is 2. The number of rotatable bonds is 5. The molecule has 0 bridgehead atoms. The minimum atomic E-state index is 0.222. The Balaban J connectivity index is 1.48. The van der Waals surface area contributed by atoms with Gasteiger partial charge in [-0.3, -0.25) is 4.79 Å². The van der Waals surface area contributed by atoms with Gasteiger partial charge in [0.05, 0.1) is 26.2 Å². The Morgan fingerprint density at radius 3 is 2.65 bits per heavy atom. The van der Waals surface area contributed by atoms with Gasteiger partial charge in [-0.25, -0.2) is 0 Å². The molecule has 4 nitrogen and oxygen atoms in total. The molecule has 0 radical (unpaired) electrons. The number of piperazine rings is 1. The number of carbonyl (C=O) groups excluding carboxylic acids is 1. The average Bonchev–Trinajstić information content (AvgIpc) is 3.36. The van der Waals surface area contributed by atoms with Gasteiger partial charge in [-0.15, -0.1) is 0 Å². The number of nitrogens with one attached hydrogen (secondary N) is 2. The second-order valence-electron chi connectivity index (χ2n) is 7.33. The number of nitrogens with zero attached hydrogens (tertiary/aromatic N) is 1. The van der Waals surface area contributed by atoms with E-state index in [4.69, 9.17) is 0 Å². The third-order valence-corrected chi connectivity index (χ3v) is 5.52. The van der Waals surface area contributed by atoms with E-state index in [-0.39, 0.29) is 5.91 Å². The molecule has 0 unspecified atom stereocenters. The van der Waals surface area contributed by atoms with E-state index in [1.807, 2.05) is 0 Å². The summed E-state index contributed by atoms with van der Waals surface area (Å²) in [5.41, 5.74) is 4.09. The fourth-order valence-corrected chi connectivity index (χ4v) is 3.56. The molecule has 1 aliphatic heterocycles. The topological polar surface area (TPSA) is 36.8 Å². The summed E-state index contributed by atoms with van der Waals surface area (Å²) in [5.74, 6) is 0.953. The zero-order chi connectivity index (χ0) is 16.4. The van der Waals surface area contributed by atoms with Crippen LogP contribution in [-0.2, 0) is 4.79 Å². The van der Waals surface area contributed by atoms with Crippen molar-refractivity contribution >= 4 is 11.6 Å². The molecule has 2 fully saturated rings. The Kier molecular flexibility index (Phi) is 4.90. The first kappa shape index (κ1) is 16.3. The summed E-state index contributed by atoms with van der Waals surface area (Å²) in [5, 5.41) is 3.18. The number of amides is 1. The Morgan fingerprint density at radius 1 is 1.30 bits per heavy atom. The normalized spacial score (nSPS) is 20.4. The molecule has 2 aliphatic rings. The van der Waals surface area contributed by atoms with Crippen molar-refractivity contribution in [1.29, 1.82) is 0 Å². The van der Waals surface area contributed by atoms with Crippen LogP contribution >= 0.6 is 0 Å². The number of aryl methyl sites for hydroxylation is 1. The molecule has 1 saturated heterocycles. The second kappa shape index (κ2) is 6.91. The van der Waals surface area contributed by atoms with E-state index in [9.17, 15) is 4.79 Å². The Labute approximate surface area is 139 Å². The lowest BCUT2D eigenvalue weighted by Crippen LogP contribution is -3.16. The first-order valence-electron chi connectivity index (χ1n) is 8.98. The predicted molar refractivity (Wildman–Crippen MR) is 94.0 cm³/mol. The molecule has 1 aromatic carbocycles. The van der Waals surface area contributed by atoms with E-state index in [1.54, 1.807) is 0 Å². The van der Waals surface area contributed by atoms with Crippen LogP contribution in [0.3, 0.4) is 0 Å². The van der Waals surface area contributed by atoms with E-state index in [0.29, 0.717) is 12.6 Å². The summed E-state index contributed by atoms with van der Waals surface area (Å²) < 4.78 is 0. The van der Waals surface area contributed by atoms with E-state index < -0.39 is 0 Å². The van der Waals surface area contributed by atoms with E-state index in [0.717, 1.165) is 32.1 Å². The SMILES string of the molecule is Cc1cccc(N2CC[NH+](CC(=O)N[C@@H](C)C3CC3)CC2)c1C. The van der Waals surface area contributed by atoms with E-state index >= 15 is 0 Å². The summed E-state index contributed by atoms with van der Waals surface area (Å²) in [6, 6.07) is 6.89. The number of carbonyl (C=O) groups is 1. The number of hydrogen-bond acceptors (Lipinski definition) is 2. The highest BCUT2D eigenvalue weighted by Crippen LogP contribution is 2.32. The fourth-order valence-electron chi connectivity index (χ4n) is 3.56. The summed E-state index contributed by atoms with van der Waals surface area (Å²) in [7, 11) is 0. The molecule has 2 N–H and O–H groups in total. The first-order chi connectivity index (χ1) is 11.0. The summed E-state index contributed by atoms with van der Waals surface area (Å²) >= 11 is 0. The summed E-state index contributed by atoms with van der Waals surface area (Å²) in [6.45, 7) is 11.3. The standard InChI is InChI=1S/C19H29N3O/c1-14-5-4-6-18(15(14)2)22-11-9-21(10-12-22)13-19(23)20-16(3)17-7-8-17/h4-6,16-17H,7-13H2,1-3H3,(H,20,23)/p+1/t16-/m0/s1. The third-order valence-electron chi connectivity index (χ3n) is 5.52. The van der Waals surface area contributed by atoms with E-state index in [1.165, 1.54) is 34.6 Å². The van der Waals surface area contributed by atoms with Crippen LogP contribution in [0.1, 0.15) is 30.9 Å². The molecule has 4 heteroatoms. The predicted octanol–water partition coefficient (Wildman–Crippen LogP) is 0.923. The maximum atomic E-state index is 12.2. The highest BCUT2D eigenvalue weighted by atomic mass is 16.2. The van der Waals surface area contributed by atoms with Crippen LogP contribution in [0.2, 0.25) is 0 Å². The quantitative estimate of drug-likeness (QED) is 0.848. The minimum Gasteiger partial charge on any atom is -0.360 e. The number of quaternary nitrogens is 1. The Hall–Kier alpha value is -1.55. The Morgan fingerprint density at radius 2 is 2.00 bits per heavy atom. The van der Waals surface area contributed by atoms with Crippen LogP contribution in [0.15, 0.2) is 18.2 Å². The molecule has 1 amide bonds. The fraction of sp³-hybridized carbons (Fsp3) is 0.632. The van der Waals surface area contributed by atoms with Crippen molar-refractivity contribution in [3.8, 4) is 0 Å². The second-order valence-corrected chi connectivity index (χ2v) is 7.33. The molecule has 0 aromatic heterocycles. The highest BCUT2D eigenvalue weighted by Gasteiger charge is 2.30. The van der Waals surface area contributed by atoms with Crippen LogP contribution in [0.25, 0.3) is 0 Å². The van der Waals surface area contributed by atoms with Gasteiger partial charge < -0.3 is 15.1 Å². The van der Waals surface area contributed by atoms with Gasteiger partial charge in [0, 0.05) is 11.7 Å². The summed E-state index contributed by atoms with van der Waals surface area (Å²) in [4.78, 5) is 16.0. The molecule has 0 spiro atoms. The van der Waals surface area contributed by atoms with Gasteiger partial charge in [0.1, 0.15) is 0 Å². The van der Waals surface area contributed by atoms with Crippen molar-refractivity contribution in [2.24, 2.45) is 5.92 Å². The lowest BCUT2D eigenvalue weighted by molar-refractivity contribution is -0.892. The molecule has 1 saturated carbocycles. The van der Waals surface area contributed by atoms with Gasteiger partial charge in [-0.1, -0.05) is 12.1 Å². The van der Waals surface area contributed by atoms with Crippen molar-refractivity contribution in [2.45, 2.75) is 39.7 Å². The van der Waals surface area contributed by atoms with Crippen molar-refractivity contribution in [1.82, 2.24) is 5.32 Å². The first-order valence-corrected chi connectivity index (χ1v) is 8.98. The monoisotopic (exact) mass is 316 g/mol. The lowest BCUT2D eigenvalue weighted by Gasteiger charge is -2.34. The van der Waals surface area contributed by atoms with Gasteiger partial charge >= 0.3 is 0 Å². The molecular weight excluding hydrogens is 286 g/mol. The third kappa shape index (κ3) is 4.05. The maximum Gasteiger partial charge on any atom is 0.275 e. The largest absolute Gasteiger partial charge is 0.360 e. The molecule has 1 aromatic rings. The van der Waals surface area contributed by atoms with Gasteiger partial charge in [0.25, 0.3) is 5.91 Å². The van der Waals surface area contributed by atoms with E-state index in [2.05, 4.69) is 49.2 Å². The van der Waals surface area contributed by atoms with Gasteiger partial charge in [-0.2, -0.15) is 0 Å². The van der Waals surface area contributed by atoms with Crippen LogP contribution in [0.5, 0.6) is 0 Å². The van der Waals surface area contributed by atoms with Crippen LogP contribution < -0.4 is 15.1 Å². The summed E-state index contributed by atoms with van der Waals surface area (Å²) in [6.07, 6.45) is 2.56. The highest BCUT2D eigenvalue weighted by molar-refractivity contribution is 5.77. The molecule has 1 atom stereocenters.